The lowest BCUT2D eigenvalue weighted by Gasteiger charge is -2.36. The smallest absolute Gasteiger partial charge is 0.341 e. The minimum Gasteiger partial charge on any atom is -0.477 e. The van der Waals surface area contributed by atoms with Crippen LogP contribution in [-0.4, -0.2) is 58.5 Å². The van der Waals surface area contributed by atoms with Crippen molar-refractivity contribution in [3.8, 4) is 0 Å². The van der Waals surface area contributed by atoms with Gasteiger partial charge in [0, 0.05) is 55.1 Å². The third kappa shape index (κ3) is 5.94. The fourth-order valence-electron chi connectivity index (χ4n) is 5.32. The molecule has 224 valence electrons. The average Bonchev–Trinajstić information content (AvgIpc) is 3.87. The van der Waals surface area contributed by atoms with Crippen LogP contribution in [0.15, 0.2) is 77.7 Å². The van der Waals surface area contributed by atoms with E-state index in [0.29, 0.717) is 54.2 Å². The van der Waals surface area contributed by atoms with Gasteiger partial charge in [-0.25, -0.2) is 18.4 Å². The van der Waals surface area contributed by atoms with Gasteiger partial charge in [-0.05, 0) is 73.0 Å². The summed E-state index contributed by atoms with van der Waals surface area (Å²) in [6, 6.07) is 14.7. The first-order chi connectivity index (χ1) is 21.2. The van der Waals surface area contributed by atoms with E-state index in [1.165, 1.54) is 24.4 Å². The van der Waals surface area contributed by atoms with Crippen molar-refractivity contribution >= 4 is 46.1 Å². The van der Waals surface area contributed by atoms with Crippen LogP contribution in [0.2, 0.25) is 0 Å². The zero-order chi connectivity index (χ0) is 31.0. The first-order valence-electron chi connectivity index (χ1n) is 14.2. The number of ketones is 1. The third-order valence-corrected chi connectivity index (χ3v) is 7.90. The van der Waals surface area contributed by atoms with Crippen molar-refractivity contribution in [2.45, 2.75) is 18.9 Å². The summed E-state index contributed by atoms with van der Waals surface area (Å²) >= 11 is 0. The number of hydrogen-bond donors (Lipinski definition) is 2. The van der Waals surface area contributed by atoms with E-state index in [4.69, 9.17) is 0 Å². The second kappa shape index (κ2) is 11.8. The van der Waals surface area contributed by atoms with Gasteiger partial charge < -0.3 is 24.8 Å². The highest BCUT2D eigenvalue weighted by atomic mass is 19.1. The molecule has 1 saturated carbocycles. The Kier molecular flexibility index (Phi) is 7.69. The van der Waals surface area contributed by atoms with Gasteiger partial charge in [-0.1, -0.05) is 18.2 Å². The van der Waals surface area contributed by atoms with Crippen LogP contribution in [0.5, 0.6) is 0 Å². The molecule has 2 fully saturated rings. The molecule has 0 spiro atoms. The lowest BCUT2D eigenvalue weighted by atomic mass is 10.1. The number of benzene rings is 3. The summed E-state index contributed by atoms with van der Waals surface area (Å²) in [5.41, 5.74) is 1.33. The van der Waals surface area contributed by atoms with Crippen molar-refractivity contribution in [2.24, 2.45) is 0 Å². The van der Waals surface area contributed by atoms with Crippen LogP contribution in [0.1, 0.15) is 45.2 Å². The summed E-state index contributed by atoms with van der Waals surface area (Å²) in [5.74, 6) is -2.56. The first kappa shape index (κ1) is 28.8. The largest absolute Gasteiger partial charge is 0.477 e. The van der Waals surface area contributed by atoms with E-state index >= 15 is 4.39 Å². The summed E-state index contributed by atoms with van der Waals surface area (Å²) in [7, 11) is 0. The Morgan fingerprint density at radius 1 is 0.909 bits per heavy atom. The molecule has 11 heteroatoms. The van der Waals surface area contributed by atoms with Crippen LogP contribution in [0.25, 0.3) is 17.0 Å². The molecule has 2 aliphatic rings. The second-order valence-electron chi connectivity index (χ2n) is 10.9. The van der Waals surface area contributed by atoms with Gasteiger partial charge in [0.1, 0.15) is 17.2 Å². The van der Waals surface area contributed by atoms with E-state index in [2.05, 4.69) is 5.32 Å². The SMILES string of the molecule is O=C(/C=C/c1ccc(F)cc1)c1ccc(NC(=O)N2CCN(c3cc4c(cc3F)c(=O)c(C(=O)O)cn4C3CC3)CC2)cc1. The van der Waals surface area contributed by atoms with Crippen molar-refractivity contribution in [3.05, 3.63) is 111 Å². The average molecular weight is 599 g/mol. The first-order valence-corrected chi connectivity index (χ1v) is 14.2. The van der Waals surface area contributed by atoms with Gasteiger partial charge in [0.05, 0.1) is 11.2 Å². The number of aromatic nitrogens is 1. The summed E-state index contributed by atoms with van der Waals surface area (Å²) < 4.78 is 30.1. The molecule has 4 aromatic rings. The summed E-state index contributed by atoms with van der Waals surface area (Å²) in [4.78, 5) is 53.2. The Balaban J connectivity index is 1.09. The Bertz CT molecular complexity index is 1860. The van der Waals surface area contributed by atoms with Gasteiger partial charge >= 0.3 is 12.0 Å². The van der Waals surface area contributed by atoms with E-state index in [-0.39, 0.29) is 34.6 Å². The minimum absolute atomic E-state index is 0.0349. The number of allylic oxidation sites excluding steroid dienone is 1. The molecule has 9 nitrogen and oxygen atoms in total. The number of amides is 2. The molecule has 6 rings (SSSR count). The highest BCUT2D eigenvalue weighted by molar-refractivity contribution is 6.07. The highest BCUT2D eigenvalue weighted by Gasteiger charge is 2.29. The Hall–Kier alpha value is -5.32. The number of halogens is 2. The van der Waals surface area contributed by atoms with Gasteiger partial charge in [0.15, 0.2) is 5.78 Å². The van der Waals surface area contributed by atoms with E-state index < -0.39 is 17.2 Å². The van der Waals surface area contributed by atoms with E-state index in [1.54, 1.807) is 58.0 Å². The zero-order valence-electron chi connectivity index (χ0n) is 23.5. The number of aromatic carboxylic acids is 1. The molecule has 44 heavy (non-hydrogen) atoms. The molecule has 0 radical (unpaired) electrons. The van der Waals surface area contributed by atoms with Gasteiger partial charge in [-0.3, -0.25) is 9.59 Å². The normalized spacial score (nSPS) is 15.1. The standard InChI is InChI=1S/C33H28F2N4O5/c34-22-6-1-20(2-7-22)3-12-30(40)21-4-8-23(9-5-21)36-33(44)38-15-13-37(14-16-38)29-18-28-25(17-27(29)35)31(41)26(32(42)43)19-39(28)24-10-11-24/h1-9,12,17-19,24H,10-11,13-16H2,(H,36,44)(H,42,43)/b12-3+. The predicted octanol–water partition coefficient (Wildman–Crippen LogP) is 5.56. The summed E-state index contributed by atoms with van der Waals surface area (Å²) in [6.45, 7) is 1.35. The second-order valence-corrected chi connectivity index (χ2v) is 10.9. The number of nitrogens with one attached hydrogen (secondary N) is 1. The molecule has 2 N–H and O–H groups in total. The number of carboxylic acid groups (broad SMARTS) is 1. The number of carbonyl (C=O) groups excluding carboxylic acids is 2. The maximum Gasteiger partial charge on any atom is 0.341 e. The van der Waals surface area contributed by atoms with Crippen LogP contribution in [0, 0.1) is 11.6 Å². The van der Waals surface area contributed by atoms with Crippen LogP contribution in [-0.2, 0) is 0 Å². The number of rotatable bonds is 7. The Morgan fingerprint density at radius 2 is 1.59 bits per heavy atom. The number of anilines is 2. The molecule has 0 atom stereocenters. The number of carboxylic acids is 1. The van der Waals surface area contributed by atoms with E-state index in [9.17, 15) is 28.7 Å². The van der Waals surface area contributed by atoms with Crippen molar-refractivity contribution in [3.63, 3.8) is 0 Å². The van der Waals surface area contributed by atoms with Crippen molar-refractivity contribution < 1.29 is 28.3 Å². The molecular formula is C33H28F2N4O5. The molecule has 1 aromatic heterocycles. The van der Waals surface area contributed by atoms with Gasteiger partial charge in [-0.2, -0.15) is 0 Å². The zero-order valence-corrected chi connectivity index (χ0v) is 23.5. The molecule has 1 aliphatic heterocycles. The fourth-order valence-corrected chi connectivity index (χ4v) is 5.32. The molecule has 1 saturated heterocycles. The number of hydrogen-bond acceptors (Lipinski definition) is 5. The Morgan fingerprint density at radius 3 is 2.23 bits per heavy atom. The lowest BCUT2D eigenvalue weighted by molar-refractivity contribution is 0.0694. The molecule has 1 aliphatic carbocycles. The van der Waals surface area contributed by atoms with Gasteiger partial charge in [-0.15, -0.1) is 0 Å². The molecule has 3 aromatic carbocycles. The maximum atomic E-state index is 15.3. The van der Waals surface area contributed by atoms with Crippen molar-refractivity contribution in [1.29, 1.82) is 0 Å². The fraction of sp³-hybridized carbons (Fsp3) is 0.212. The van der Waals surface area contributed by atoms with Gasteiger partial charge in [0.2, 0.25) is 5.43 Å². The lowest BCUT2D eigenvalue weighted by Crippen LogP contribution is -2.50. The monoisotopic (exact) mass is 598 g/mol. The minimum atomic E-state index is -1.34. The number of piperazine rings is 1. The number of fused-ring (bicyclic) bond motifs is 1. The third-order valence-electron chi connectivity index (χ3n) is 7.90. The number of carbonyl (C=O) groups is 3. The predicted molar refractivity (Wildman–Crippen MR) is 162 cm³/mol. The number of nitrogens with zero attached hydrogens (tertiary/aromatic N) is 3. The quantitative estimate of drug-likeness (QED) is 0.213. The maximum absolute atomic E-state index is 15.3. The molecular weight excluding hydrogens is 570 g/mol. The van der Waals surface area contributed by atoms with Gasteiger partial charge in [0.25, 0.3) is 0 Å². The van der Waals surface area contributed by atoms with E-state index in [0.717, 1.165) is 18.9 Å². The van der Waals surface area contributed by atoms with Crippen LogP contribution in [0.4, 0.5) is 25.0 Å². The van der Waals surface area contributed by atoms with Crippen LogP contribution < -0.4 is 15.6 Å². The molecule has 2 amide bonds. The molecule has 0 bridgehead atoms. The topological polar surface area (TPSA) is 112 Å². The summed E-state index contributed by atoms with van der Waals surface area (Å²) in [6.07, 6.45) is 6.05. The summed E-state index contributed by atoms with van der Waals surface area (Å²) in [5, 5.41) is 12.3. The van der Waals surface area contributed by atoms with Crippen molar-refractivity contribution in [1.82, 2.24) is 9.47 Å². The molecule has 2 heterocycles. The van der Waals surface area contributed by atoms with Crippen LogP contribution in [0.3, 0.4) is 0 Å². The number of pyridine rings is 1. The molecule has 0 unspecified atom stereocenters. The Labute approximate surface area is 250 Å². The van der Waals surface area contributed by atoms with E-state index in [1.807, 2.05) is 4.90 Å². The van der Waals surface area contributed by atoms with Crippen LogP contribution >= 0.6 is 0 Å². The highest BCUT2D eigenvalue weighted by Crippen LogP contribution is 2.38. The number of urea groups is 1. The van der Waals surface area contributed by atoms with Crippen molar-refractivity contribution in [2.75, 3.05) is 36.4 Å².